The quantitative estimate of drug-likeness (QED) is 0.659. The van der Waals surface area contributed by atoms with Crippen LogP contribution in [0.2, 0.25) is 0 Å². The molecule has 0 bridgehead atoms. The van der Waals surface area contributed by atoms with Gasteiger partial charge in [-0.2, -0.15) is 0 Å². The van der Waals surface area contributed by atoms with Gasteiger partial charge in [-0.15, -0.1) is 0 Å². The first-order valence-electron chi connectivity index (χ1n) is 4.51. The van der Waals surface area contributed by atoms with Gasteiger partial charge in [0.05, 0.1) is 0 Å². The van der Waals surface area contributed by atoms with E-state index in [0.717, 1.165) is 11.8 Å². The molecule has 0 spiro atoms. The summed E-state index contributed by atoms with van der Waals surface area (Å²) in [4.78, 5) is 10.4. The molecule has 62 valence electrons. The van der Waals surface area contributed by atoms with Gasteiger partial charge in [0.2, 0.25) is 0 Å². The van der Waals surface area contributed by atoms with Crippen LogP contribution in [0.4, 0.5) is 0 Å². The van der Waals surface area contributed by atoms with Gasteiger partial charge in [0.15, 0.2) is 0 Å². The fourth-order valence-electron chi connectivity index (χ4n) is 2.65. The number of aliphatic carboxylic acids is 1. The lowest BCUT2D eigenvalue weighted by atomic mass is 10.0. The Labute approximate surface area is 66.6 Å². The van der Waals surface area contributed by atoms with Gasteiger partial charge in [0, 0.05) is 6.42 Å². The van der Waals surface area contributed by atoms with Crippen LogP contribution in [0, 0.1) is 17.8 Å². The van der Waals surface area contributed by atoms with Crippen LogP contribution in [0.1, 0.15) is 32.1 Å². The van der Waals surface area contributed by atoms with E-state index in [0.29, 0.717) is 12.3 Å². The first kappa shape index (κ1) is 7.14. The Morgan fingerprint density at radius 1 is 1.27 bits per heavy atom. The number of carbonyl (C=O) groups is 1. The van der Waals surface area contributed by atoms with Crippen molar-refractivity contribution in [3.05, 3.63) is 0 Å². The molecule has 2 heteroatoms. The highest BCUT2D eigenvalue weighted by molar-refractivity contribution is 5.67. The lowest BCUT2D eigenvalue weighted by Crippen LogP contribution is -1.96. The van der Waals surface area contributed by atoms with E-state index >= 15 is 0 Å². The zero-order valence-corrected chi connectivity index (χ0v) is 6.62. The van der Waals surface area contributed by atoms with Crippen LogP contribution in [-0.4, -0.2) is 11.1 Å². The highest BCUT2D eigenvalue weighted by Gasteiger charge is 2.50. The highest BCUT2D eigenvalue weighted by Crippen LogP contribution is 2.56. The van der Waals surface area contributed by atoms with Gasteiger partial charge in [-0.3, -0.25) is 4.79 Å². The molecule has 0 aliphatic heterocycles. The Bertz CT molecular complexity index is 164. The summed E-state index contributed by atoms with van der Waals surface area (Å²) in [7, 11) is 0. The number of hydrogen-bond acceptors (Lipinski definition) is 1. The van der Waals surface area contributed by atoms with Crippen LogP contribution in [0.5, 0.6) is 0 Å². The fraction of sp³-hybridized carbons (Fsp3) is 0.889. The first-order valence-corrected chi connectivity index (χ1v) is 4.51. The van der Waals surface area contributed by atoms with Crippen molar-refractivity contribution >= 4 is 5.97 Å². The van der Waals surface area contributed by atoms with Crippen LogP contribution >= 0.6 is 0 Å². The normalized spacial score (nSPS) is 41.3. The Morgan fingerprint density at radius 2 is 1.82 bits per heavy atom. The Hall–Kier alpha value is -0.530. The second kappa shape index (κ2) is 2.50. The minimum Gasteiger partial charge on any atom is -0.481 e. The van der Waals surface area contributed by atoms with Gasteiger partial charge in [0.25, 0.3) is 0 Å². The van der Waals surface area contributed by atoms with E-state index in [9.17, 15) is 4.79 Å². The van der Waals surface area contributed by atoms with Crippen LogP contribution in [-0.2, 0) is 4.79 Å². The van der Waals surface area contributed by atoms with E-state index in [1.54, 1.807) is 0 Å². The lowest BCUT2D eigenvalue weighted by molar-refractivity contribution is -0.137. The van der Waals surface area contributed by atoms with E-state index in [4.69, 9.17) is 5.11 Å². The summed E-state index contributed by atoms with van der Waals surface area (Å²) in [6.07, 6.45) is 5.68. The smallest absolute Gasteiger partial charge is 0.303 e. The van der Waals surface area contributed by atoms with Gasteiger partial charge < -0.3 is 5.11 Å². The van der Waals surface area contributed by atoms with Crippen molar-refractivity contribution in [2.45, 2.75) is 32.1 Å². The Kier molecular flexibility index (Phi) is 1.63. The molecule has 0 amide bonds. The predicted octanol–water partition coefficient (Wildman–Crippen LogP) is 1.90. The van der Waals surface area contributed by atoms with Crippen LogP contribution in [0.25, 0.3) is 0 Å². The number of carboxylic acids is 1. The molecule has 0 aromatic heterocycles. The molecule has 2 aliphatic carbocycles. The SMILES string of the molecule is O=C(O)CC1[C@H]2CCCC[C@@H]12. The van der Waals surface area contributed by atoms with Crippen molar-refractivity contribution in [2.75, 3.05) is 0 Å². The van der Waals surface area contributed by atoms with Crippen molar-refractivity contribution < 1.29 is 9.90 Å². The van der Waals surface area contributed by atoms with E-state index in [2.05, 4.69) is 0 Å². The van der Waals surface area contributed by atoms with Crippen molar-refractivity contribution in [2.24, 2.45) is 17.8 Å². The zero-order valence-electron chi connectivity index (χ0n) is 6.62. The molecule has 0 aromatic rings. The molecule has 1 N–H and O–H groups in total. The molecule has 2 fully saturated rings. The van der Waals surface area contributed by atoms with E-state index in [1.165, 1.54) is 25.7 Å². The molecule has 0 saturated heterocycles. The first-order chi connectivity index (χ1) is 5.29. The van der Waals surface area contributed by atoms with Gasteiger partial charge >= 0.3 is 5.97 Å². The summed E-state index contributed by atoms with van der Waals surface area (Å²) < 4.78 is 0. The molecule has 2 saturated carbocycles. The maximum absolute atomic E-state index is 10.4. The summed E-state index contributed by atoms with van der Waals surface area (Å²) in [5, 5.41) is 8.57. The van der Waals surface area contributed by atoms with Crippen molar-refractivity contribution in [1.82, 2.24) is 0 Å². The van der Waals surface area contributed by atoms with E-state index in [-0.39, 0.29) is 0 Å². The second-order valence-corrected chi connectivity index (χ2v) is 3.87. The molecule has 2 rings (SSSR count). The molecule has 3 atom stereocenters. The average Bonchev–Trinajstić information content (AvgIpc) is 2.64. The molecule has 2 aliphatic rings. The number of fused-ring (bicyclic) bond motifs is 1. The molecule has 2 nitrogen and oxygen atoms in total. The summed E-state index contributed by atoms with van der Waals surface area (Å²) in [5.74, 6) is 1.53. The zero-order chi connectivity index (χ0) is 7.84. The maximum Gasteiger partial charge on any atom is 0.303 e. The van der Waals surface area contributed by atoms with Gasteiger partial charge in [-0.05, 0) is 30.6 Å². The van der Waals surface area contributed by atoms with Crippen LogP contribution in [0.3, 0.4) is 0 Å². The minimum absolute atomic E-state index is 0.426. The summed E-state index contributed by atoms with van der Waals surface area (Å²) in [6.45, 7) is 0. The lowest BCUT2D eigenvalue weighted by Gasteiger charge is -2.04. The predicted molar refractivity (Wildman–Crippen MR) is 41.2 cm³/mol. The van der Waals surface area contributed by atoms with Crippen LogP contribution < -0.4 is 0 Å². The van der Waals surface area contributed by atoms with Gasteiger partial charge in [-0.1, -0.05) is 12.8 Å². The largest absolute Gasteiger partial charge is 0.481 e. The standard InChI is InChI=1S/C9H14O2/c10-9(11)5-8-6-3-1-2-4-7(6)8/h6-8H,1-5H2,(H,10,11)/t6-,7+,8?. The Balaban J connectivity index is 1.85. The number of carboxylic acid groups (broad SMARTS) is 1. The molecule has 0 radical (unpaired) electrons. The van der Waals surface area contributed by atoms with Crippen LogP contribution in [0.15, 0.2) is 0 Å². The van der Waals surface area contributed by atoms with Gasteiger partial charge in [-0.25, -0.2) is 0 Å². The summed E-state index contributed by atoms with van der Waals surface area (Å²) >= 11 is 0. The molecule has 11 heavy (non-hydrogen) atoms. The van der Waals surface area contributed by atoms with Crippen molar-refractivity contribution in [3.63, 3.8) is 0 Å². The average molecular weight is 154 g/mol. The molecular weight excluding hydrogens is 140 g/mol. The molecule has 1 unspecified atom stereocenters. The third-order valence-corrected chi connectivity index (χ3v) is 3.24. The molecule has 0 heterocycles. The van der Waals surface area contributed by atoms with E-state index in [1.807, 2.05) is 0 Å². The van der Waals surface area contributed by atoms with E-state index < -0.39 is 5.97 Å². The monoisotopic (exact) mass is 154 g/mol. The maximum atomic E-state index is 10.4. The number of rotatable bonds is 2. The molecular formula is C9H14O2. The topological polar surface area (TPSA) is 37.3 Å². The highest BCUT2D eigenvalue weighted by atomic mass is 16.4. The second-order valence-electron chi connectivity index (χ2n) is 3.87. The fourth-order valence-corrected chi connectivity index (χ4v) is 2.65. The summed E-state index contributed by atoms with van der Waals surface area (Å²) in [5.41, 5.74) is 0. The summed E-state index contributed by atoms with van der Waals surface area (Å²) in [6, 6.07) is 0. The molecule has 0 aromatic carbocycles. The van der Waals surface area contributed by atoms with Gasteiger partial charge in [0.1, 0.15) is 0 Å². The van der Waals surface area contributed by atoms with Crippen molar-refractivity contribution in [3.8, 4) is 0 Å². The third-order valence-electron chi connectivity index (χ3n) is 3.24. The Morgan fingerprint density at radius 3 is 2.27 bits per heavy atom. The van der Waals surface area contributed by atoms with Crippen molar-refractivity contribution in [1.29, 1.82) is 0 Å². The third kappa shape index (κ3) is 1.26. The minimum atomic E-state index is -0.607. The number of hydrogen-bond donors (Lipinski definition) is 1.